The van der Waals surface area contributed by atoms with Gasteiger partial charge in [0.2, 0.25) is 5.91 Å². The van der Waals surface area contributed by atoms with E-state index in [-0.39, 0.29) is 5.91 Å². The second-order valence-electron chi connectivity index (χ2n) is 4.80. The molecule has 0 radical (unpaired) electrons. The van der Waals surface area contributed by atoms with Crippen molar-refractivity contribution < 1.29 is 4.79 Å². The maximum atomic E-state index is 11.9. The normalized spacial score (nSPS) is 16.3. The van der Waals surface area contributed by atoms with Crippen molar-refractivity contribution >= 4 is 34.7 Å². The number of carbonyl (C=O) groups is 1. The maximum Gasteiger partial charge on any atom is 0.222 e. The third kappa shape index (κ3) is 3.67. The Kier molecular flexibility index (Phi) is 4.77. The predicted octanol–water partition coefficient (Wildman–Crippen LogP) is 2.88. The zero-order chi connectivity index (χ0) is 13.8. The monoisotopic (exact) mass is 296 g/mol. The molecule has 1 saturated heterocycles. The number of hydrogen-bond acceptors (Lipinski definition) is 2. The van der Waals surface area contributed by atoms with Crippen LogP contribution < -0.4 is 5.73 Å². The van der Waals surface area contributed by atoms with E-state index < -0.39 is 0 Å². The van der Waals surface area contributed by atoms with Crippen molar-refractivity contribution in [3.05, 3.63) is 34.3 Å². The highest BCUT2D eigenvalue weighted by atomic mass is 35.5. The Morgan fingerprint density at radius 2 is 2.16 bits per heavy atom. The molecular weight excluding hydrogens is 280 g/mol. The molecule has 3 nitrogen and oxygen atoms in total. The molecule has 0 atom stereocenters. The van der Waals surface area contributed by atoms with Crippen LogP contribution in [0.3, 0.4) is 0 Å². The Morgan fingerprint density at radius 3 is 2.84 bits per heavy atom. The van der Waals surface area contributed by atoms with Gasteiger partial charge < -0.3 is 10.6 Å². The Hall–Kier alpha value is -1.13. The molecule has 102 valence electrons. The molecule has 1 aromatic rings. The Morgan fingerprint density at radius 1 is 1.37 bits per heavy atom. The van der Waals surface area contributed by atoms with Gasteiger partial charge in [-0.1, -0.05) is 42.4 Å². The summed E-state index contributed by atoms with van der Waals surface area (Å²) in [5, 5.41) is 0.613. The number of rotatable bonds is 3. The van der Waals surface area contributed by atoms with Crippen LogP contribution in [-0.2, 0) is 11.3 Å². The summed E-state index contributed by atoms with van der Waals surface area (Å²) in [5.74, 6) is 0.215. The number of nitrogens with zero attached hydrogens (tertiary/aromatic N) is 1. The van der Waals surface area contributed by atoms with Crippen molar-refractivity contribution in [3.8, 4) is 0 Å². The third-order valence-electron chi connectivity index (χ3n) is 3.37. The largest absolute Gasteiger partial charge is 0.389 e. The van der Waals surface area contributed by atoms with E-state index in [4.69, 9.17) is 29.6 Å². The number of carbonyl (C=O) groups excluding carboxylic acids is 1. The van der Waals surface area contributed by atoms with E-state index in [2.05, 4.69) is 0 Å². The molecule has 0 spiro atoms. The van der Waals surface area contributed by atoms with Gasteiger partial charge in [0.25, 0.3) is 0 Å². The van der Waals surface area contributed by atoms with Crippen molar-refractivity contribution in [2.75, 3.05) is 6.54 Å². The molecule has 1 aliphatic rings. The van der Waals surface area contributed by atoms with Gasteiger partial charge in [0.15, 0.2) is 0 Å². The molecule has 5 heteroatoms. The first-order valence-corrected chi connectivity index (χ1v) is 7.22. The molecule has 2 N–H and O–H groups in total. The van der Waals surface area contributed by atoms with Crippen LogP contribution in [0.4, 0.5) is 0 Å². The van der Waals surface area contributed by atoms with Gasteiger partial charge >= 0.3 is 0 Å². The number of benzene rings is 1. The second-order valence-corrected chi connectivity index (χ2v) is 5.64. The van der Waals surface area contributed by atoms with E-state index in [9.17, 15) is 4.79 Å². The molecule has 1 aliphatic heterocycles. The van der Waals surface area contributed by atoms with Crippen molar-refractivity contribution in [1.82, 2.24) is 4.90 Å². The summed E-state index contributed by atoms with van der Waals surface area (Å²) in [4.78, 5) is 14.2. The summed E-state index contributed by atoms with van der Waals surface area (Å²) < 4.78 is 0. The van der Waals surface area contributed by atoms with Crippen molar-refractivity contribution in [2.24, 2.45) is 5.73 Å². The molecule has 19 heavy (non-hydrogen) atoms. The van der Waals surface area contributed by atoms with Crippen molar-refractivity contribution in [3.63, 3.8) is 0 Å². The van der Waals surface area contributed by atoms with Crippen LogP contribution >= 0.6 is 23.8 Å². The number of hydrogen-bond donors (Lipinski definition) is 1. The van der Waals surface area contributed by atoms with E-state index in [0.29, 0.717) is 23.0 Å². The number of thiocarbonyl (C=S) groups is 1. The second kappa shape index (κ2) is 6.35. The molecule has 1 fully saturated rings. The average molecular weight is 297 g/mol. The molecule has 0 bridgehead atoms. The van der Waals surface area contributed by atoms with Gasteiger partial charge in [-0.3, -0.25) is 4.79 Å². The van der Waals surface area contributed by atoms with Gasteiger partial charge in [-0.05, 0) is 24.5 Å². The third-order valence-corrected chi connectivity index (χ3v) is 3.96. The van der Waals surface area contributed by atoms with Crippen molar-refractivity contribution in [2.45, 2.75) is 32.2 Å². The fourth-order valence-corrected chi connectivity index (χ4v) is 2.61. The van der Waals surface area contributed by atoms with Crippen LogP contribution in [0.5, 0.6) is 0 Å². The Balaban J connectivity index is 2.14. The van der Waals surface area contributed by atoms with Gasteiger partial charge in [0.1, 0.15) is 4.99 Å². The molecule has 1 heterocycles. The Bertz CT molecular complexity index is 504. The topological polar surface area (TPSA) is 46.3 Å². The molecule has 2 rings (SSSR count). The van der Waals surface area contributed by atoms with Gasteiger partial charge in [-0.25, -0.2) is 0 Å². The van der Waals surface area contributed by atoms with E-state index in [1.807, 2.05) is 17.0 Å². The quantitative estimate of drug-likeness (QED) is 0.873. The molecule has 1 amide bonds. The summed E-state index contributed by atoms with van der Waals surface area (Å²) in [6.07, 6.45) is 3.82. The Labute approximate surface area is 123 Å². The first-order valence-electron chi connectivity index (χ1n) is 6.44. The lowest BCUT2D eigenvalue weighted by molar-refractivity contribution is -0.131. The SMILES string of the molecule is NC(=S)c1ccc(CN2CCCCCC2=O)c(Cl)c1. The first-order chi connectivity index (χ1) is 9.08. The molecule has 0 aromatic heterocycles. The van der Waals surface area contributed by atoms with E-state index in [1.165, 1.54) is 0 Å². The summed E-state index contributed by atoms with van der Waals surface area (Å²) in [7, 11) is 0. The molecule has 0 unspecified atom stereocenters. The van der Waals surface area contributed by atoms with E-state index in [1.54, 1.807) is 6.07 Å². The summed E-state index contributed by atoms with van der Waals surface area (Å²) >= 11 is 11.1. The number of halogens is 1. The summed E-state index contributed by atoms with van der Waals surface area (Å²) in [6.45, 7) is 1.38. The maximum absolute atomic E-state index is 11.9. The smallest absolute Gasteiger partial charge is 0.222 e. The van der Waals surface area contributed by atoms with Crippen LogP contribution in [0.25, 0.3) is 0 Å². The fourth-order valence-electron chi connectivity index (χ4n) is 2.24. The summed E-state index contributed by atoms with van der Waals surface area (Å²) in [5.41, 5.74) is 7.27. The van der Waals surface area contributed by atoms with Gasteiger partial charge in [0.05, 0.1) is 0 Å². The molecular formula is C14H17ClN2OS. The van der Waals surface area contributed by atoms with E-state index >= 15 is 0 Å². The van der Waals surface area contributed by atoms with Crippen LogP contribution in [0, 0.1) is 0 Å². The highest BCUT2D eigenvalue weighted by Gasteiger charge is 2.17. The highest BCUT2D eigenvalue weighted by molar-refractivity contribution is 7.80. The van der Waals surface area contributed by atoms with Crippen LogP contribution in [-0.4, -0.2) is 22.3 Å². The van der Waals surface area contributed by atoms with E-state index in [0.717, 1.165) is 36.9 Å². The molecule has 0 aliphatic carbocycles. The molecule has 0 saturated carbocycles. The minimum atomic E-state index is 0.215. The fraction of sp³-hybridized carbons (Fsp3) is 0.429. The zero-order valence-corrected chi connectivity index (χ0v) is 12.3. The number of likely N-dealkylation sites (tertiary alicyclic amines) is 1. The van der Waals surface area contributed by atoms with Crippen LogP contribution in [0.2, 0.25) is 5.02 Å². The van der Waals surface area contributed by atoms with Crippen LogP contribution in [0.15, 0.2) is 18.2 Å². The zero-order valence-electron chi connectivity index (χ0n) is 10.7. The average Bonchev–Trinajstić information content (AvgIpc) is 2.57. The lowest BCUT2D eigenvalue weighted by Gasteiger charge is -2.21. The van der Waals surface area contributed by atoms with Gasteiger partial charge in [0, 0.05) is 30.1 Å². The first kappa shape index (κ1) is 14.3. The predicted molar refractivity (Wildman–Crippen MR) is 81.2 cm³/mol. The van der Waals surface area contributed by atoms with Gasteiger partial charge in [-0.2, -0.15) is 0 Å². The number of nitrogens with two attached hydrogens (primary N) is 1. The van der Waals surface area contributed by atoms with Crippen LogP contribution in [0.1, 0.15) is 36.8 Å². The minimum Gasteiger partial charge on any atom is -0.389 e. The molecule has 1 aromatic carbocycles. The lowest BCUT2D eigenvalue weighted by atomic mass is 10.1. The highest BCUT2D eigenvalue weighted by Crippen LogP contribution is 2.21. The number of amides is 1. The lowest BCUT2D eigenvalue weighted by Crippen LogP contribution is -2.29. The standard InChI is InChI=1S/C14H17ClN2OS/c15-12-8-10(14(16)19)5-6-11(12)9-17-7-3-1-2-4-13(17)18/h5-6,8H,1-4,7,9H2,(H2,16,19). The van der Waals surface area contributed by atoms with Crippen molar-refractivity contribution in [1.29, 1.82) is 0 Å². The minimum absolute atomic E-state index is 0.215. The van der Waals surface area contributed by atoms with Gasteiger partial charge in [-0.15, -0.1) is 0 Å². The summed E-state index contributed by atoms with van der Waals surface area (Å²) in [6, 6.07) is 5.52.